The first kappa shape index (κ1) is 31.6. The van der Waals surface area contributed by atoms with Crippen LogP contribution in [0.4, 0.5) is 29.3 Å². The highest BCUT2D eigenvalue weighted by Crippen LogP contribution is 2.34. The van der Waals surface area contributed by atoms with E-state index in [0.29, 0.717) is 55.5 Å². The van der Waals surface area contributed by atoms with Gasteiger partial charge >= 0.3 is 6.09 Å². The van der Waals surface area contributed by atoms with Crippen molar-refractivity contribution in [3.63, 3.8) is 0 Å². The lowest BCUT2D eigenvalue weighted by Gasteiger charge is -2.39. The van der Waals surface area contributed by atoms with Crippen molar-refractivity contribution in [3.8, 4) is 11.3 Å². The zero-order valence-electron chi connectivity index (χ0n) is 25.6. The number of nitrogens with zero attached hydrogens (tertiary/aromatic N) is 3. The van der Waals surface area contributed by atoms with Crippen molar-refractivity contribution < 1.29 is 27.4 Å². The fourth-order valence-corrected chi connectivity index (χ4v) is 5.95. The van der Waals surface area contributed by atoms with Gasteiger partial charge in [-0.2, -0.15) is 0 Å². The van der Waals surface area contributed by atoms with Gasteiger partial charge in [-0.15, -0.1) is 0 Å². The molecule has 236 valence electrons. The second-order valence-electron chi connectivity index (χ2n) is 12.7. The molecule has 2 aliphatic heterocycles. The monoisotopic (exact) mass is 611 g/mol. The van der Waals surface area contributed by atoms with E-state index in [4.69, 9.17) is 9.47 Å². The van der Waals surface area contributed by atoms with Crippen molar-refractivity contribution >= 4 is 17.5 Å². The molecule has 0 bridgehead atoms. The van der Waals surface area contributed by atoms with Gasteiger partial charge in [0, 0.05) is 38.5 Å². The number of carbonyl (C=O) groups is 1. The van der Waals surface area contributed by atoms with Gasteiger partial charge in [0.05, 0.1) is 35.4 Å². The summed E-state index contributed by atoms with van der Waals surface area (Å²) in [7, 11) is 0. The number of ether oxygens (including phenoxy) is 2. The number of piperidine rings is 1. The standard InChI is InChI=1S/C33H40F3N5O3/c1-20-13-24(40-32(42)44-33(2,3)4)19-41(18-20)29-7-10-37-17-28(29)38-16-23-5-6-25(34)31(39-23)30-26(35)14-22(15-27(30)36)21-8-11-43-12-9-21/h5-7,10,14-15,17,20-21,24,38H,8-9,11-13,16,18-19H2,1-4H3,(H,40,42)/t20-,24+/m1/s1. The minimum Gasteiger partial charge on any atom is -0.444 e. The van der Waals surface area contributed by atoms with Crippen molar-refractivity contribution in [2.24, 2.45) is 5.92 Å². The molecular formula is C33H40F3N5O3. The van der Waals surface area contributed by atoms with Gasteiger partial charge in [-0.3, -0.25) is 4.98 Å². The van der Waals surface area contributed by atoms with Gasteiger partial charge in [-0.25, -0.2) is 22.9 Å². The van der Waals surface area contributed by atoms with Crippen LogP contribution in [0.1, 0.15) is 64.1 Å². The van der Waals surface area contributed by atoms with E-state index in [-0.39, 0.29) is 24.2 Å². The van der Waals surface area contributed by atoms with Crippen LogP contribution in [0.5, 0.6) is 0 Å². The summed E-state index contributed by atoms with van der Waals surface area (Å²) in [6.07, 6.45) is 5.10. The number of halogens is 3. The number of hydrogen-bond acceptors (Lipinski definition) is 7. The van der Waals surface area contributed by atoms with Gasteiger partial charge in [0.2, 0.25) is 0 Å². The molecule has 4 heterocycles. The molecule has 8 nitrogen and oxygen atoms in total. The minimum absolute atomic E-state index is 0.00456. The Kier molecular flexibility index (Phi) is 9.62. The first-order valence-corrected chi connectivity index (χ1v) is 15.1. The van der Waals surface area contributed by atoms with Gasteiger partial charge in [0.25, 0.3) is 0 Å². The number of amides is 1. The molecule has 2 atom stereocenters. The average Bonchev–Trinajstić information content (AvgIpc) is 2.96. The number of pyridine rings is 2. The molecule has 0 spiro atoms. The SMILES string of the molecule is C[C@@H]1C[C@H](NC(=O)OC(C)(C)C)CN(c2ccncc2NCc2ccc(F)c(-c3c(F)cc(C4CCOCC4)cc3F)n2)C1. The molecule has 11 heteroatoms. The summed E-state index contributed by atoms with van der Waals surface area (Å²) in [6, 6.07) is 7.00. The maximum Gasteiger partial charge on any atom is 0.407 e. The first-order chi connectivity index (χ1) is 21.0. The van der Waals surface area contributed by atoms with Crippen LogP contribution in [0.2, 0.25) is 0 Å². The fourth-order valence-electron chi connectivity index (χ4n) is 5.95. The first-order valence-electron chi connectivity index (χ1n) is 15.1. The largest absolute Gasteiger partial charge is 0.444 e. The van der Waals surface area contributed by atoms with Gasteiger partial charge < -0.3 is 25.0 Å². The Bertz CT molecular complexity index is 1450. The van der Waals surface area contributed by atoms with Crippen molar-refractivity contribution in [1.29, 1.82) is 0 Å². The second kappa shape index (κ2) is 13.4. The van der Waals surface area contributed by atoms with E-state index in [9.17, 15) is 9.18 Å². The lowest BCUT2D eigenvalue weighted by atomic mass is 9.90. The summed E-state index contributed by atoms with van der Waals surface area (Å²) < 4.78 is 56.2. The number of carbonyl (C=O) groups excluding carboxylic acids is 1. The van der Waals surface area contributed by atoms with Crippen LogP contribution in [0, 0.1) is 23.4 Å². The highest BCUT2D eigenvalue weighted by molar-refractivity contribution is 5.71. The van der Waals surface area contributed by atoms with E-state index in [2.05, 4.69) is 32.4 Å². The van der Waals surface area contributed by atoms with Gasteiger partial charge in [0.1, 0.15) is 28.7 Å². The topological polar surface area (TPSA) is 88.6 Å². The summed E-state index contributed by atoms with van der Waals surface area (Å²) in [6.45, 7) is 10.2. The fraction of sp³-hybridized carbons (Fsp3) is 0.485. The molecule has 0 saturated carbocycles. The van der Waals surface area contributed by atoms with E-state index in [1.54, 1.807) is 12.4 Å². The number of aromatic nitrogens is 2. The van der Waals surface area contributed by atoms with Gasteiger partial charge in [0.15, 0.2) is 0 Å². The lowest BCUT2D eigenvalue weighted by molar-refractivity contribution is 0.0495. The Labute approximate surface area is 256 Å². The van der Waals surface area contributed by atoms with Crippen LogP contribution in [-0.4, -0.2) is 54.0 Å². The molecule has 5 rings (SSSR count). The highest BCUT2D eigenvalue weighted by atomic mass is 19.1. The summed E-state index contributed by atoms with van der Waals surface area (Å²) >= 11 is 0. The van der Waals surface area contributed by atoms with E-state index >= 15 is 8.78 Å². The molecule has 2 aromatic heterocycles. The zero-order valence-corrected chi connectivity index (χ0v) is 25.6. The minimum atomic E-state index is -0.841. The lowest BCUT2D eigenvalue weighted by Crippen LogP contribution is -2.51. The maximum absolute atomic E-state index is 15.3. The van der Waals surface area contributed by atoms with Gasteiger partial charge in [-0.1, -0.05) is 6.92 Å². The second-order valence-corrected chi connectivity index (χ2v) is 12.7. The quantitative estimate of drug-likeness (QED) is 0.304. The normalized spacial score (nSPS) is 19.5. The molecule has 2 saturated heterocycles. The Hall–Kier alpha value is -3.86. The van der Waals surface area contributed by atoms with E-state index in [1.165, 1.54) is 24.3 Å². The Morgan fingerprint density at radius 1 is 1.07 bits per heavy atom. The van der Waals surface area contributed by atoms with Crippen LogP contribution in [0.3, 0.4) is 0 Å². The number of rotatable bonds is 7. The van der Waals surface area contributed by atoms with Crippen LogP contribution in [0.15, 0.2) is 42.7 Å². The van der Waals surface area contributed by atoms with E-state index in [0.717, 1.165) is 18.7 Å². The van der Waals surface area contributed by atoms with Crippen molar-refractivity contribution in [3.05, 3.63) is 71.4 Å². The zero-order chi connectivity index (χ0) is 31.4. The maximum atomic E-state index is 15.3. The molecule has 0 unspecified atom stereocenters. The van der Waals surface area contributed by atoms with Gasteiger partial charge in [-0.05, 0) is 87.8 Å². The molecule has 0 radical (unpaired) electrons. The van der Waals surface area contributed by atoms with Crippen molar-refractivity contribution in [2.45, 2.75) is 71.1 Å². The number of alkyl carbamates (subject to hydrolysis) is 1. The third kappa shape index (κ3) is 7.80. The molecule has 2 N–H and O–H groups in total. The molecule has 1 aromatic carbocycles. The van der Waals surface area contributed by atoms with Crippen LogP contribution < -0.4 is 15.5 Å². The summed E-state index contributed by atoms with van der Waals surface area (Å²) in [4.78, 5) is 23.2. The molecule has 1 amide bonds. The number of nitrogens with one attached hydrogen (secondary N) is 2. The van der Waals surface area contributed by atoms with E-state index in [1.807, 2.05) is 26.8 Å². The molecule has 3 aromatic rings. The van der Waals surface area contributed by atoms with E-state index < -0.39 is 34.7 Å². The highest BCUT2D eigenvalue weighted by Gasteiger charge is 2.29. The van der Waals surface area contributed by atoms with Crippen LogP contribution in [0.25, 0.3) is 11.3 Å². The Morgan fingerprint density at radius 3 is 2.50 bits per heavy atom. The Morgan fingerprint density at radius 2 is 1.80 bits per heavy atom. The molecule has 2 aliphatic rings. The van der Waals surface area contributed by atoms with Crippen molar-refractivity contribution in [1.82, 2.24) is 15.3 Å². The summed E-state index contributed by atoms with van der Waals surface area (Å²) in [5.74, 6) is -2.19. The predicted octanol–water partition coefficient (Wildman–Crippen LogP) is 6.81. The summed E-state index contributed by atoms with van der Waals surface area (Å²) in [5, 5.41) is 6.30. The molecule has 44 heavy (non-hydrogen) atoms. The summed E-state index contributed by atoms with van der Waals surface area (Å²) in [5.41, 5.74) is 1.10. The number of benzene rings is 1. The average molecular weight is 612 g/mol. The molecule has 2 fully saturated rings. The van der Waals surface area contributed by atoms with Crippen LogP contribution in [-0.2, 0) is 16.0 Å². The smallest absolute Gasteiger partial charge is 0.407 e. The molecule has 0 aliphatic carbocycles. The van der Waals surface area contributed by atoms with Crippen molar-refractivity contribution in [2.75, 3.05) is 36.5 Å². The third-order valence-electron chi connectivity index (χ3n) is 7.88. The molecular weight excluding hydrogens is 571 g/mol. The number of hydrogen-bond donors (Lipinski definition) is 2. The number of anilines is 2. The third-order valence-corrected chi connectivity index (χ3v) is 7.88. The predicted molar refractivity (Wildman–Crippen MR) is 163 cm³/mol. The van der Waals surface area contributed by atoms with Crippen LogP contribution >= 0.6 is 0 Å². The Balaban J connectivity index is 1.31.